The van der Waals surface area contributed by atoms with Crippen LogP contribution in [0.25, 0.3) is 0 Å². The zero-order valence-corrected chi connectivity index (χ0v) is 12.0. The van der Waals surface area contributed by atoms with Gasteiger partial charge in [-0.25, -0.2) is 4.39 Å². The van der Waals surface area contributed by atoms with Gasteiger partial charge in [-0.15, -0.1) is 0 Å². The Balaban J connectivity index is 1.46. The number of hydrogen-bond acceptors (Lipinski definition) is 2. The average Bonchev–Trinajstić information content (AvgIpc) is 2.87. The second kappa shape index (κ2) is 6.23. The number of halogens is 1. The Morgan fingerprint density at radius 2 is 2.15 bits per heavy atom. The molecule has 0 aromatic heterocycles. The lowest BCUT2D eigenvalue weighted by Gasteiger charge is -2.38. The lowest BCUT2D eigenvalue weighted by Crippen LogP contribution is -2.46. The fourth-order valence-corrected chi connectivity index (χ4v) is 3.68. The highest BCUT2D eigenvalue weighted by Crippen LogP contribution is 2.39. The largest absolute Gasteiger partial charge is 0.375 e. The standard InChI is InChI=1S/C17H24FNO/c18-15-5-3-4-14(12-15)6-10-19-16-7-11-20-17(13-16)8-1-2-9-17/h3-5,12,16,19H,1-2,6-11,13H2. The van der Waals surface area contributed by atoms with E-state index in [0.717, 1.165) is 38.0 Å². The molecule has 0 radical (unpaired) electrons. The summed E-state index contributed by atoms with van der Waals surface area (Å²) < 4.78 is 19.2. The van der Waals surface area contributed by atoms with Gasteiger partial charge in [0.1, 0.15) is 5.82 Å². The molecule has 3 rings (SSSR count). The van der Waals surface area contributed by atoms with Crippen molar-refractivity contribution >= 4 is 0 Å². The molecule has 2 aliphatic rings. The molecule has 3 heteroatoms. The third-order valence-corrected chi connectivity index (χ3v) is 4.74. The highest BCUT2D eigenvalue weighted by Gasteiger charge is 2.39. The number of nitrogens with one attached hydrogen (secondary N) is 1. The molecule has 1 saturated carbocycles. The fraction of sp³-hybridized carbons (Fsp3) is 0.647. The van der Waals surface area contributed by atoms with E-state index in [4.69, 9.17) is 4.74 Å². The Labute approximate surface area is 120 Å². The Morgan fingerprint density at radius 3 is 2.95 bits per heavy atom. The molecule has 1 spiro atoms. The minimum absolute atomic E-state index is 0.140. The van der Waals surface area contributed by atoms with Gasteiger partial charge >= 0.3 is 0 Å². The third-order valence-electron chi connectivity index (χ3n) is 4.74. The van der Waals surface area contributed by atoms with E-state index in [2.05, 4.69) is 5.32 Å². The van der Waals surface area contributed by atoms with Crippen molar-refractivity contribution in [1.29, 1.82) is 0 Å². The van der Waals surface area contributed by atoms with Crippen LogP contribution < -0.4 is 5.32 Å². The zero-order chi connectivity index (χ0) is 13.8. The van der Waals surface area contributed by atoms with E-state index >= 15 is 0 Å². The van der Waals surface area contributed by atoms with Crippen LogP contribution in [0.15, 0.2) is 24.3 Å². The summed E-state index contributed by atoms with van der Waals surface area (Å²) in [4.78, 5) is 0. The van der Waals surface area contributed by atoms with Gasteiger partial charge in [-0.05, 0) is 56.3 Å². The van der Waals surface area contributed by atoms with Crippen LogP contribution in [0.1, 0.15) is 44.1 Å². The SMILES string of the molecule is Fc1cccc(CCNC2CCOC3(CCCC3)C2)c1. The summed E-state index contributed by atoms with van der Waals surface area (Å²) >= 11 is 0. The van der Waals surface area contributed by atoms with Crippen LogP contribution in [0.2, 0.25) is 0 Å². The first-order valence-electron chi connectivity index (χ1n) is 7.88. The molecule has 1 heterocycles. The molecule has 1 aromatic rings. The topological polar surface area (TPSA) is 21.3 Å². The van der Waals surface area contributed by atoms with E-state index in [1.165, 1.54) is 31.7 Å². The van der Waals surface area contributed by atoms with Gasteiger partial charge < -0.3 is 10.1 Å². The molecule has 1 saturated heterocycles. The minimum Gasteiger partial charge on any atom is -0.375 e. The maximum absolute atomic E-state index is 13.1. The van der Waals surface area contributed by atoms with Crippen molar-refractivity contribution in [2.45, 2.75) is 56.6 Å². The molecular weight excluding hydrogens is 253 g/mol. The van der Waals surface area contributed by atoms with Crippen molar-refractivity contribution in [2.75, 3.05) is 13.2 Å². The first-order valence-corrected chi connectivity index (χ1v) is 7.88. The monoisotopic (exact) mass is 277 g/mol. The lowest BCUT2D eigenvalue weighted by molar-refractivity contribution is -0.0834. The second-order valence-corrected chi connectivity index (χ2v) is 6.26. The molecule has 20 heavy (non-hydrogen) atoms. The second-order valence-electron chi connectivity index (χ2n) is 6.26. The van der Waals surface area contributed by atoms with Crippen LogP contribution in [0, 0.1) is 5.82 Å². The number of hydrogen-bond donors (Lipinski definition) is 1. The molecule has 2 fully saturated rings. The number of rotatable bonds is 4. The predicted molar refractivity (Wildman–Crippen MR) is 78.3 cm³/mol. The average molecular weight is 277 g/mol. The summed E-state index contributed by atoms with van der Waals surface area (Å²) in [7, 11) is 0. The van der Waals surface area contributed by atoms with Crippen LogP contribution in [0.5, 0.6) is 0 Å². The zero-order valence-electron chi connectivity index (χ0n) is 12.0. The van der Waals surface area contributed by atoms with Gasteiger partial charge in [-0.3, -0.25) is 0 Å². The maximum atomic E-state index is 13.1. The molecule has 0 bridgehead atoms. The molecule has 110 valence electrons. The Morgan fingerprint density at radius 1 is 1.30 bits per heavy atom. The Bertz CT molecular complexity index is 442. The van der Waals surface area contributed by atoms with Crippen molar-refractivity contribution in [3.8, 4) is 0 Å². The first kappa shape index (κ1) is 14.0. The van der Waals surface area contributed by atoms with Crippen molar-refractivity contribution in [3.63, 3.8) is 0 Å². The number of ether oxygens (including phenoxy) is 1. The summed E-state index contributed by atoms with van der Waals surface area (Å²) in [6.07, 6.45) is 8.24. The normalized spacial score (nSPS) is 25.1. The summed E-state index contributed by atoms with van der Waals surface area (Å²) in [5, 5.41) is 3.64. The predicted octanol–water partition coefficient (Wildman–Crippen LogP) is 3.45. The van der Waals surface area contributed by atoms with Crippen molar-refractivity contribution < 1.29 is 9.13 Å². The molecule has 0 amide bonds. The molecular formula is C17H24FNO. The van der Waals surface area contributed by atoms with Crippen LogP contribution in [-0.4, -0.2) is 24.8 Å². The van der Waals surface area contributed by atoms with Gasteiger partial charge in [0.2, 0.25) is 0 Å². The molecule has 2 nitrogen and oxygen atoms in total. The van der Waals surface area contributed by atoms with Crippen LogP contribution >= 0.6 is 0 Å². The van der Waals surface area contributed by atoms with E-state index in [1.807, 2.05) is 6.07 Å². The van der Waals surface area contributed by atoms with E-state index in [-0.39, 0.29) is 11.4 Å². The van der Waals surface area contributed by atoms with Gasteiger partial charge in [0.15, 0.2) is 0 Å². The Kier molecular flexibility index (Phi) is 4.37. The third kappa shape index (κ3) is 3.39. The summed E-state index contributed by atoms with van der Waals surface area (Å²) in [6.45, 7) is 1.81. The molecule has 1 atom stereocenters. The molecule has 1 aromatic carbocycles. The van der Waals surface area contributed by atoms with Crippen LogP contribution in [-0.2, 0) is 11.2 Å². The van der Waals surface area contributed by atoms with Crippen LogP contribution in [0.4, 0.5) is 4.39 Å². The Hall–Kier alpha value is -0.930. The van der Waals surface area contributed by atoms with Gasteiger partial charge in [-0.1, -0.05) is 25.0 Å². The highest BCUT2D eigenvalue weighted by molar-refractivity contribution is 5.16. The van der Waals surface area contributed by atoms with E-state index in [0.29, 0.717) is 6.04 Å². The quantitative estimate of drug-likeness (QED) is 0.910. The molecule has 1 aliphatic carbocycles. The molecule has 1 unspecified atom stereocenters. The minimum atomic E-state index is -0.140. The smallest absolute Gasteiger partial charge is 0.123 e. The molecule has 1 N–H and O–H groups in total. The van der Waals surface area contributed by atoms with Gasteiger partial charge in [0.05, 0.1) is 5.60 Å². The summed E-state index contributed by atoms with van der Waals surface area (Å²) in [6, 6.07) is 7.47. The maximum Gasteiger partial charge on any atom is 0.123 e. The first-order chi connectivity index (χ1) is 9.76. The fourth-order valence-electron chi connectivity index (χ4n) is 3.68. The van der Waals surface area contributed by atoms with Gasteiger partial charge in [-0.2, -0.15) is 0 Å². The van der Waals surface area contributed by atoms with Crippen LogP contribution in [0.3, 0.4) is 0 Å². The van der Waals surface area contributed by atoms with Crippen molar-refractivity contribution in [2.24, 2.45) is 0 Å². The van der Waals surface area contributed by atoms with Gasteiger partial charge in [0.25, 0.3) is 0 Å². The van der Waals surface area contributed by atoms with Gasteiger partial charge in [0, 0.05) is 12.6 Å². The van der Waals surface area contributed by atoms with Crippen molar-refractivity contribution in [3.05, 3.63) is 35.6 Å². The van der Waals surface area contributed by atoms with E-state index < -0.39 is 0 Å². The van der Waals surface area contributed by atoms with Crippen molar-refractivity contribution in [1.82, 2.24) is 5.32 Å². The lowest BCUT2D eigenvalue weighted by atomic mass is 9.89. The molecule has 1 aliphatic heterocycles. The summed E-state index contributed by atoms with van der Waals surface area (Å²) in [5.41, 5.74) is 1.24. The summed E-state index contributed by atoms with van der Waals surface area (Å²) in [5.74, 6) is -0.140. The van der Waals surface area contributed by atoms with E-state index in [1.54, 1.807) is 12.1 Å². The highest BCUT2D eigenvalue weighted by atomic mass is 19.1. The van der Waals surface area contributed by atoms with E-state index in [9.17, 15) is 4.39 Å². The number of benzene rings is 1.